The summed E-state index contributed by atoms with van der Waals surface area (Å²) in [4.78, 5) is 37.7. The summed E-state index contributed by atoms with van der Waals surface area (Å²) in [5.41, 5.74) is 0. The number of rotatable bonds is 46. The lowest BCUT2D eigenvalue weighted by atomic mass is 10.0. The Morgan fingerprint density at radius 3 is 0.860 bits per heavy atom. The fourth-order valence-corrected chi connectivity index (χ4v) is 7.69. The van der Waals surface area contributed by atoms with Crippen LogP contribution in [0.25, 0.3) is 0 Å². The summed E-state index contributed by atoms with van der Waals surface area (Å²) in [6.45, 7) is 9.00. The molecule has 0 fully saturated rings. The van der Waals surface area contributed by atoms with Gasteiger partial charge in [-0.05, 0) is 25.2 Å². The van der Waals surface area contributed by atoms with E-state index in [-0.39, 0.29) is 31.1 Å². The van der Waals surface area contributed by atoms with Crippen LogP contribution in [0.2, 0.25) is 0 Å². The van der Waals surface area contributed by atoms with Gasteiger partial charge in [-0.2, -0.15) is 0 Å². The van der Waals surface area contributed by atoms with E-state index in [9.17, 15) is 14.4 Å². The number of unbranched alkanes of at least 4 members (excludes halogenated alkanes) is 33. The zero-order valence-electron chi connectivity index (χ0n) is 38.8. The van der Waals surface area contributed by atoms with Crippen molar-refractivity contribution in [3.63, 3.8) is 0 Å². The molecule has 0 aliphatic carbocycles. The van der Waals surface area contributed by atoms with Gasteiger partial charge in [-0.1, -0.05) is 246 Å². The summed E-state index contributed by atoms with van der Waals surface area (Å²) < 4.78 is 16.7. The first-order valence-corrected chi connectivity index (χ1v) is 25.4. The average Bonchev–Trinajstić information content (AvgIpc) is 3.19. The fourth-order valence-electron chi connectivity index (χ4n) is 7.69. The molecule has 0 bridgehead atoms. The monoisotopic (exact) mass is 807 g/mol. The Kier molecular flexibility index (Phi) is 44.2. The SMILES string of the molecule is CCCCCCCCCCCCCCCC(=O)OC[C@H](COC(=O)CCCCCCCCC)OC(=O)CCCCCCCCCCCCCCCCCCC(C)C. The summed E-state index contributed by atoms with van der Waals surface area (Å²) in [5.74, 6) is -0.000495. The topological polar surface area (TPSA) is 78.9 Å². The number of carbonyl (C=O) groups excluding carboxylic acids is 3. The van der Waals surface area contributed by atoms with Crippen molar-refractivity contribution >= 4 is 17.9 Å². The molecule has 1 atom stereocenters. The molecule has 0 aliphatic rings. The van der Waals surface area contributed by atoms with Crippen LogP contribution in [0.5, 0.6) is 0 Å². The molecule has 0 aliphatic heterocycles. The Morgan fingerprint density at radius 1 is 0.333 bits per heavy atom. The first-order valence-electron chi connectivity index (χ1n) is 25.4. The second kappa shape index (κ2) is 45.5. The highest BCUT2D eigenvalue weighted by atomic mass is 16.6. The third kappa shape index (κ3) is 45.3. The highest BCUT2D eigenvalue weighted by molar-refractivity contribution is 5.71. The van der Waals surface area contributed by atoms with Crippen molar-refractivity contribution in [3.05, 3.63) is 0 Å². The lowest BCUT2D eigenvalue weighted by Crippen LogP contribution is -2.30. The van der Waals surface area contributed by atoms with E-state index in [0.29, 0.717) is 19.3 Å². The molecule has 0 aromatic rings. The van der Waals surface area contributed by atoms with E-state index in [4.69, 9.17) is 14.2 Å². The predicted octanol–water partition coefficient (Wildman–Crippen LogP) is 16.3. The molecule has 0 aromatic heterocycles. The lowest BCUT2D eigenvalue weighted by Gasteiger charge is -2.18. The van der Waals surface area contributed by atoms with Crippen molar-refractivity contribution in [2.45, 2.75) is 291 Å². The molecule has 57 heavy (non-hydrogen) atoms. The fraction of sp³-hybridized carbons (Fsp3) is 0.941. The third-order valence-corrected chi connectivity index (χ3v) is 11.5. The van der Waals surface area contributed by atoms with Gasteiger partial charge in [-0.25, -0.2) is 0 Å². The minimum absolute atomic E-state index is 0.0632. The van der Waals surface area contributed by atoms with E-state index in [0.717, 1.165) is 63.7 Å². The van der Waals surface area contributed by atoms with Gasteiger partial charge < -0.3 is 14.2 Å². The van der Waals surface area contributed by atoms with Crippen LogP contribution in [-0.4, -0.2) is 37.2 Å². The minimum Gasteiger partial charge on any atom is -0.462 e. The van der Waals surface area contributed by atoms with Crippen LogP contribution in [0, 0.1) is 5.92 Å². The number of hydrogen-bond donors (Lipinski definition) is 0. The highest BCUT2D eigenvalue weighted by Gasteiger charge is 2.19. The first kappa shape index (κ1) is 55.4. The minimum atomic E-state index is -0.759. The molecule has 0 heterocycles. The number of ether oxygens (including phenoxy) is 3. The van der Waals surface area contributed by atoms with E-state index in [1.54, 1.807) is 0 Å². The van der Waals surface area contributed by atoms with Crippen LogP contribution in [-0.2, 0) is 28.6 Å². The highest BCUT2D eigenvalue weighted by Crippen LogP contribution is 2.17. The van der Waals surface area contributed by atoms with Crippen LogP contribution in [0.3, 0.4) is 0 Å². The van der Waals surface area contributed by atoms with Crippen molar-refractivity contribution in [1.82, 2.24) is 0 Å². The molecule has 0 spiro atoms. The second-order valence-electron chi connectivity index (χ2n) is 17.9. The maximum absolute atomic E-state index is 12.7. The van der Waals surface area contributed by atoms with E-state index in [2.05, 4.69) is 27.7 Å². The van der Waals surface area contributed by atoms with Crippen LogP contribution in [0.15, 0.2) is 0 Å². The second-order valence-corrected chi connectivity index (χ2v) is 17.9. The summed E-state index contributed by atoms with van der Waals surface area (Å²) in [7, 11) is 0. The molecule has 0 saturated heterocycles. The Balaban J connectivity index is 4.18. The summed E-state index contributed by atoms with van der Waals surface area (Å²) in [6.07, 6.45) is 46.7. The van der Waals surface area contributed by atoms with Crippen molar-refractivity contribution in [2.24, 2.45) is 5.92 Å². The van der Waals surface area contributed by atoms with Crippen molar-refractivity contribution < 1.29 is 28.6 Å². The Bertz CT molecular complexity index is 857. The maximum atomic E-state index is 12.7. The average molecular weight is 807 g/mol. The molecule has 0 saturated carbocycles. The summed E-state index contributed by atoms with van der Waals surface area (Å²) in [5, 5.41) is 0. The summed E-state index contributed by atoms with van der Waals surface area (Å²) in [6, 6.07) is 0. The van der Waals surface area contributed by atoms with Gasteiger partial charge in [0, 0.05) is 19.3 Å². The molecule has 0 radical (unpaired) electrons. The summed E-state index contributed by atoms with van der Waals surface area (Å²) >= 11 is 0. The van der Waals surface area contributed by atoms with E-state index < -0.39 is 6.10 Å². The van der Waals surface area contributed by atoms with Gasteiger partial charge in [-0.3, -0.25) is 14.4 Å². The molecule has 0 amide bonds. The maximum Gasteiger partial charge on any atom is 0.306 e. The molecule has 0 rings (SSSR count). The van der Waals surface area contributed by atoms with Crippen molar-refractivity contribution in [2.75, 3.05) is 13.2 Å². The van der Waals surface area contributed by atoms with Gasteiger partial charge >= 0.3 is 17.9 Å². The quantitative estimate of drug-likeness (QED) is 0.0346. The first-order chi connectivity index (χ1) is 27.9. The molecule has 6 heteroatoms. The Labute approximate surface area is 355 Å². The van der Waals surface area contributed by atoms with E-state index >= 15 is 0 Å². The number of hydrogen-bond acceptors (Lipinski definition) is 6. The Morgan fingerprint density at radius 2 is 0.579 bits per heavy atom. The molecule has 6 nitrogen and oxygen atoms in total. The van der Waals surface area contributed by atoms with Gasteiger partial charge in [0.05, 0.1) is 0 Å². The van der Waals surface area contributed by atoms with Gasteiger partial charge in [0.2, 0.25) is 0 Å². The van der Waals surface area contributed by atoms with Gasteiger partial charge in [0.1, 0.15) is 13.2 Å². The number of esters is 3. The van der Waals surface area contributed by atoms with Crippen LogP contribution in [0.1, 0.15) is 285 Å². The zero-order chi connectivity index (χ0) is 41.7. The molecule has 0 unspecified atom stereocenters. The van der Waals surface area contributed by atoms with Gasteiger partial charge in [-0.15, -0.1) is 0 Å². The van der Waals surface area contributed by atoms with Gasteiger partial charge in [0.15, 0.2) is 6.10 Å². The Hall–Kier alpha value is -1.59. The molecule has 338 valence electrons. The standard InChI is InChI=1S/C51H98O6/c1-5-7-9-11-13-14-15-20-24-27-31-35-39-43-50(53)56-46-48(45-55-49(52)42-38-34-29-12-10-8-6-2)57-51(54)44-40-36-32-28-25-22-19-17-16-18-21-23-26-30-33-37-41-47(3)4/h47-48H,5-46H2,1-4H3/t48-/m0/s1. The van der Waals surface area contributed by atoms with Crippen LogP contribution >= 0.6 is 0 Å². The molecular weight excluding hydrogens is 709 g/mol. The van der Waals surface area contributed by atoms with Crippen LogP contribution in [0.4, 0.5) is 0 Å². The molecule has 0 aromatic carbocycles. The predicted molar refractivity (Wildman–Crippen MR) is 243 cm³/mol. The van der Waals surface area contributed by atoms with Gasteiger partial charge in [0.25, 0.3) is 0 Å². The van der Waals surface area contributed by atoms with Crippen LogP contribution < -0.4 is 0 Å². The molecular formula is C51H98O6. The van der Waals surface area contributed by atoms with E-state index in [1.807, 2.05) is 0 Å². The largest absolute Gasteiger partial charge is 0.462 e. The zero-order valence-corrected chi connectivity index (χ0v) is 38.8. The van der Waals surface area contributed by atoms with Crippen molar-refractivity contribution in [1.29, 1.82) is 0 Å². The third-order valence-electron chi connectivity index (χ3n) is 11.5. The van der Waals surface area contributed by atoms with E-state index in [1.165, 1.54) is 180 Å². The van der Waals surface area contributed by atoms with Crippen molar-refractivity contribution in [3.8, 4) is 0 Å². The normalized spacial score (nSPS) is 11.9. The smallest absolute Gasteiger partial charge is 0.306 e. The number of carbonyl (C=O) groups is 3. The lowest BCUT2D eigenvalue weighted by molar-refractivity contribution is -0.167. The molecule has 0 N–H and O–H groups in total.